The molecule has 0 aromatic carbocycles. The summed E-state index contributed by atoms with van der Waals surface area (Å²) in [6.07, 6.45) is 10.2. The van der Waals surface area contributed by atoms with E-state index in [0.29, 0.717) is 37.5 Å². The summed E-state index contributed by atoms with van der Waals surface area (Å²) >= 11 is 0. The van der Waals surface area contributed by atoms with E-state index in [9.17, 15) is 19.8 Å². The van der Waals surface area contributed by atoms with E-state index in [4.69, 9.17) is 0 Å². The summed E-state index contributed by atoms with van der Waals surface area (Å²) in [5.41, 5.74) is -0.870. The Balaban J connectivity index is 4.61. The summed E-state index contributed by atoms with van der Waals surface area (Å²) in [4.78, 5) is 22.7. The van der Waals surface area contributed by atoms with Gasteiger partial charge in [0.05, 0.1) is 0 Å². The molecule has 154 valence electrons. The van der Waals surface area contributed by atoms with Gasteiger partial charge >= 0.3 is 0 Å². The lowest BCUT2D eigenvalue weighted by Crippen LogP contribution is -2.42. The second-order valence-electron chi connectivity index (χ2n) is 8.78. The number of carbonyl (C=O) groups is 2. The van der Waals surface area contributed by atoms with Crippen molar-refractivity contribution in [3.05, 3.63) is 0 Å². The van der Waals surface area contributed by atoms with Crippen LogP contribution < -0.4 is 10.2 Å². The molecule has 0 aliphatic heterocycles. The molecule has 0 unspecified atom stereocenters. The third kappa shape index (κ3) is 12.3. The van der Waals surface area contributed by atoms with Gasteiger partial charge in [-0.15, -0.1) is 0 Å². The van der Waals surface area contributed by atoms with Crippen molar-refractivity contribution < 1.29 is 19.8 Å². The molecule has 0 radical (unpaired) electrons. The van der Waals surface area contributed by atoms with Crippen LogP contribution in [0.5, 0.6) is 0 Å². The topological polar surface area (TPSA) is 80.3 Å². The van der Waals surface area contributed by atoms with E-state index >= 15 is 0 Å². The van der Waals surface area contributed by atoms with E-state index in [0.717, 1.165) is 51.4 Å². The first-order chi connectivity index (χ1) is 12.2. The highest BCUT2D eigenvalue weighted by molar-refractivity contribution is 5.72. The van der Waals surface area contributed by atoms with Gasteiger partial charge in [0.25, 0.3) is 0 Å². The predicted octanol–water partition coefficient (Wildman–Crippen LogP) is 3.86. The average Bonchev–Trinajstić information content (AvgIpc) is 2.52. The molecule has 0 aromatic rings. The zero-order valence-corrected chi connectivity index (χ0v) is 17.5. The monoisotopic (exact) mass is 368 g/mol. The third-order valence-electron chi connectivity index (χ3n) is 5.34. The maximum absolute atomic E-state index is 12.0. The van der Waals surface area contributed by atoms with Crippen LogP contribution in [0.25, 0.3) is 0 Å². The van der Waals surface area contributed by atoms with E-state index in [-0.39, 0.29) is 6.42 Å². The number of unbranched alkanes of at least 4 members (excludes halogenated alkanes) is 4. The number of hydrogen-bond acceptors (Lipinski definition) is 4. The number of rotatable bonds is 17. The summed E-state index contributed by atoms with van der Waals surface area (Å²) in [6, 6.07) is 0. The van der Waals surface area contributed by atoms with Gasteiger partial charge in [0.2, 0.25) is 0 Å². The lowest BCUT2D eigenvalue weighted by atomic mass is 9.74. The van der Waals surface area contributed by atoms with E-state index in [1.165, 1.54) is 0 Å². The van der Waals surface area contributed by atoms with Gasteiger partial charge in [-0.05, 0) is 43.9 Å². The van der Waals surface area contributed by atoms with Crippen LogP contribution in [0.2, 0.25) is 0 Å². The van der Waals surface area contributed by atoms with E-state index in [1.54, 1.807) is 0 Å². The standard InChI is InChI=1S/C22H42O4/c1-18(2)12-7-5-9-15-22(21(25)26,17-11-14-20(23)24)16-10-6-8-13-19(3)4/h18-19H,5-17H2,1-4H3,(H,23,24)(H,25,26)/p-2. The Bertz CT molecular complexity index is 370. The lowest BCUT2D eigenvalue weighted by Gasteiger charge is -2.36. The predicted molar refractivity (Wildman–Crippen MR) is 102 cm³/mol. The zero-order chi connectivity index (χ0) is 20.0. The fourth-order valence-corrected chi connectivity index (χ4v) is 3.64. The maximum Gasteiger partial charge on any atom is 0.0476 e. The highest BCUT2D eigenvalue weighted by atomic mass is 16.4. The maximum atomic E-state index is 12.0. The number of carboxylic acids is 2. The van der Waals surface area contributed by atoms with Crippen LogP contribution in [0.3, 0.4) is 0 Å². The van der Waals surface area contributed by atoms with Crippen LogP contribution in [0, 0.1) is 17.3 Å². The van der Waals surface area contributed by atoms with E-state index < -0.39 is 17.4 Å². The first-order valence-corrected chi connectivity index (χ1v) is 10.6. The van der Waals surface area contributed by atoms with Gasteiger partial charge in [-0.3, -0.25) is 0 Å². The van der Waals surface area contributed by atoms with Crippen molar-refractivity contribution in [1.29, 1.82) is 0 Å². The second-order valence-corrected chi connectivity index (χ2v) is 8.78. The quantitative estimate of drug-likeness (QED) is 0.365. The van der Waals surface area contributed by atoms with Gasteiger partial charge < -0.3 is 19.8 Å². The highest BCUT2D eigenvalue weighted by Crippen LogP contribution is 2.37. The fraction of sp³-hybridized carbons (Fsp3) is 0.909. The molecule has 0 aromatic heterocycles. The Morgan fingerprint density at radius 3 is 1.46 bits per heavy atom. The molecule has 0 atom stereocenters. The molecule has 0 aliphatic carbocycles. The first kappa shape index (κ1) is 24.9. The Morgan fingerprint density at radius 2 is 1.12 bits per heavy atom. The Morgan fingerprint density at radius 1 is 0.692 bits per heavy atom. The van der Waals surface area contributed by atoms with Gasteiger partial charge in [-0.2, -0.15) is 0 Å². The molecule has 0 saturated heterocycles. The van der Waals surface area contributed by atoms with Crippen molar-refractivity contribution in [2.45, 2.75) is 111 Å². The van der Waals surface area contributed by atoms with Crippen LogP contribution >= 0.6 is 0 Å². The fourth-order valence-electron chi connectivity index (χ4n) is 3.64. The Kier molecular flexibility index (Phi) is 13.5. The lowest BCUT2D eigenvalue weighted by molar-refractivity contribution is -0.321. The number of hydrogen-bond donors (Lipinski definition) is 0. The molecular weight excluding hydrogens is 328 g/mol. The van der Waals surface area contributed by atoms with Crippen molar-refractivity contribution in [2.24, 2.45) is 17.3 Å². The van der Waals surface area contributed by atoms with Gasteiger partial charge in [0, 0.05) is 17.4 Å². The minimum absolute atomic E-state index is 0.0737. The first-order valence-electron chi connectivity index (χ1n) is 10.6. The smallest absolute Gasteiger partial charge is 0.0476 e. The number of aliphatic carboxylic acids is 2. The van der Waals surface area contributed by atoms with Crippen LogP contribution in [-0.4, -0.2) is 11.9 Å². The van der Waals surface area contributed by atoms with Crippen LogP contribution in [0.4, 0.5) is 0 Å². The largest absolute Gasteiger partial charge is 0.550 e. The van der Waals surface area contributed by atoms with E-state index in [2.05, 4.69) is 27.7 Å². The summed E-state index contributed by atoms with van der Waals surface area (Å²) in [5, 5.41) is 22.7. The van der Waals surface area contributed by atoms with Crippen molar-refractivity contribution in [2.75, 3.05) is 0 Å². The Hall–Kier alpha value is -1.06. The molecule has 0 heterocycles. The van der Waals surface area contributed by atoms with Crippen molar-refractivity contribution in [3.63, 3.8) is 0 Å². The zero-order valence-electron chi connectivity index (χ0n) is 17.5. The summed E-state index contributed by atoms with van der Waals surface area (Å²) in [5.74, 6) is -0.760. The molecule has 0 amide bonds. The van der Waals surface area contributed by atoms with E-state index in [1.807, 2.05) is 0 Å². The molecule has 26 heavy (non-hydrogen) atoms. The normalized spacial score (nSPS) is 12.1. The molecular formula is C22H40O4-2. The molecule has 0 fully saturated rings. The van der Waals surface area contributed by atoms with Crippen molar-refractivity contribution >= 4 is 11.9 Å². The van der Waals surface area contributed by atoms with Gasteiger partial charge in [-0.25, -0.2) is 0 Å². The molecule has 4 heteroatoms. The van der Waals surface area contributed by atoms with Crippen LogP contribution in [-0.2, 0) is 9.59 Å². The molecule has 0 rings (SSSR count). The average molecular weight is 369 g/mol. The SMILES string of the molecule is CC(C)CCCCCC(CCCCCC(C)C)(CCCC(=O)[O-])C(=O)[O-]. The summed E-state index contributed by atoms with van der Waals surface area (Å²) in [6.45, 7) is 8.79. The van der Waals surface area contributed by atoms with Gasteiger partial charge in [-0.1, -0.05) is 79.1 Å². The Labute approximate surface area is 160 Å². The second kappa shape index (κ2) is 14.1. The molecule has 0 aliphatic rings. The highest BCUT2D eigenvalue weighted by Gasteiger charge is 2.30. The van der Waals surface area contributed by atoms with Crippen LogP contribution in [0.15, 0.2) is 0 Å². The van der Waals surface area contributed by atoms with Gasteiger partial charge in [0.15, 0.2) is 0 Å². The number of carboxylic acid groups (broad SMARTS) is 2. The molecule has 0 bridgehead atoms. The number of carbonyl (C=O) groups excluding carboxylic acids is 2. The minimum atomic E-state index is -1.11. The molecule has 0 spiro atoms. The summed E-state index contributed by atoms with van der Waals surface area (Å²) in [7, 11) is 0. The molecule has 0 N–H and O–H groups in total. The van der Waals surface area contributed by atoms with Crippen molar-refractivity contribution in [1.82, 2.24) is 0 Å². The third-order valence-corrected chi connectivity index (χ3v) is 5.34. The van der Waals surface area contributed by atoms with Crippen LogP contribution in [0.1, 0.15) is 111 Å². The molecule has 0 saturated carbocycles. The minimum Gasteiger partial charge on any atom is -0.550 e. The van der Waals surface area contributed by atoms with Gasteiger partial charge in [0.1, 0.15) is 0 Å². The molecule has 4 nitrogen and oxygen atoms in total. The van der Waals surface area contributed by atoms with Crippen molar-refractivity contribution in [3.8, 4) is 0 Å². The summed E-state index contributed by atoms with van der Waals surface area (Å²) < 4.78 is 0.